The van der Waals surface area contributed by atoms with E-state index in [0.717, 1.165) is 5.25 Å². The maximum atomic E-state index is 12.6. The van der Waals surface area contributed by atoms with Gasteiger partial charge in [-0.1, -0.05) is 24.3 Å². The second-order valence-electron chi connectivity index (χ2n) is 6.70. The zero-order valence-corrected chi connectivity index (χ0v) is 14.1. The summed E-state index contributed by atoms with van der Waals surface area (Å²) in [5.41, 5.74) is 0. The van der Waals surface area contributed by atoms with Crippen LogP contribution in [0.3, 0.4) is 0 Å². The summed E-state index contributed by atoms with van der Waals surface area (Å²) in [4.78, 5) is 0. The Morgan fingerprint density at radius 1 is 0.773 bits per heavy atom. The van der Waals surface area contributed by atoms with E-state index in [0.29, 0.717) is 37.5 Å². The van der Waals surface area contributed by atoms with Gasteiger partial charge in [0.15, 0.2) is 0 Å². The highest BCUT2D eigenvalue weighted by Crippen LogP contribution is 2.39. The largest absolute Gasteiger partial charge is 0.391 e. The fourth-order valence-corrected chi connectivity index (χ4v) is 4.34. The lowest BCUT2D eigenvalue weighted by Gasteiger charge is -2.28. The average molecular weight is 332 g/mol. The summed E-state index contributed by atoms with van der Waals surface area (Å²) in [5, 5.41) is 0.837. The Balaban J connectivity index is 1.67. The standard InChI is InChI=1S/C18H27F3S/c1-22-17-12-8-15(9-13-17)5-3-2-4-14-6-10-16(11-7-14)18(19,20)21/h2-5,14-17H,6-13H2,1H3/b4-2+,5-3+. The quantitative estimate of drug-likeness (QED) is 0.538. The molecule has 0 nitrogen and oxygen atoms in total. The van der Waals surface area contributed by atoms with Crippen molar-refractivity contribution in [1.29, 1.82) is 0 Å². The van der Waals surface area contributed by atoms with Crippen molar-refractivity contribution in [2.75, 3.05) is 6.26 Å². The van der Waals surface area contributed by atoms with Crippen LogP contribution in [-0.2, 0) is 0 Å². The highest BCUT2D eigenvalue weighted by atomic mass is 32.2. The molecule has 0 atom stereocenters. The molecule has 0 aromatic rings. The zero-order valence-electron chi connectivity index (χ0n) is 13.3. The third kappa shape index (κ3) is 5.68. The molecular formula is C18H27F3S. The Labute approximate surface area is 136 Å². The van der Waals surface area contributed by atoms with Crippen LogP contribution in [0.4, 0.5) is 13.2 Å². The lowest BCUT2D eigenvalue weighted by molar-refractivity contribution is -0.183. The number of thioether (sulfide) groups is 1. The second-order valence-corrected chi connectivity index (χ2v) is 7.83. The van der Waals surface area contributed by atoms with Crippen LogP contribution in [0.1, 0.15) is 51.4 Å². The minimum absolute atomic E-state index is 0.293. The van der Waals surface area contributed by atoms with E-state index in [9.17, 15) is 13.2 Å². The average Bonchev–Trinajstić information content (AvgIpc) is 2.52. The van der Waals surface area contributed by atoms with Gasteiger partial charge in [0.05, 0.1) is 5.92 Å². The molecule has 0 amide bonds. The van der Waals surface area contributed by atoms with Gasteiger partial charge in [-0.05, 0) is 69.5 Å². The van der Waals surface area contributed by atoms with Crippen LogP contribution in [-0.4, -0.2) is 17.7 Å². The van der Waals surface area contributed by atoms with Gasteiger partial charge in [-0.2, -0.15) is 24.9 Å². The van der Waals surface area contributed by atoms with Crippen LogP contribution in [0.25, 0.3) is 0 Å². The summed E-state index contributed by atoms with van der Waals surface area (Å²) < 4.78 is 37.8. The van der Waals surface area contributed by atoms with Gasteiger partial charge < -0.3 is 0 Å². The molecule has 126 valence electrons. The lowest BCUT2D eigenvalue weighted by atomic mass is 9.81. The van der Waals surface area contributed by atoms with E-state index in [1.807, 2.05) is 11.8 Å². The number of alkyl halides is 3. The van der Waals surface area contributed by atoms with Crippen molar-refractivity contribution in [2.45, 2.75) is 62.8 Å². The Hall–Kier alpha value is -0.380. The van der Waals surface area contributed by atoms with E-state index in [4.69, 9.17) is 0 Å². The van der Waals surface area contributed by atoms with Crippen molar-refractivity contribution in [1.82, 2.24) is 0 Å². The predicted molar refractivity (Wildman–Crippen MR) is 89.0 cm³/mol. The summed E-state index contributed by atoms with van der Waals surface area (Å²) in [6, 6.07) is 0. The zero-order chi connectivity index (χ0) is 16.0. The minimum atomic E-state index is -4.00. The summed E-state index contributed by atoms with van der Waals surface area (Å²) >= 11 is 1.98. The van der Waals surface area contributed by atoms with Crippen LogP contribution < -0.4 is 0 Å². The lowest BCUT2D eigenvalue weighted by Crippen LogP contribution is -2.27. The molecule has 22 heavy (non-hydrogen) atoms. The molecule has 2 saturated carbocycles. The van der Waals surface area contributed by atoms with Crippen molar-refractivity contribution >= 4 is 11.8 Å². The van der Waals surface area contributed by atoms with E-state index >= 15 is 0 Å². The van der Waals surface area contributed by atoms with Crippen molar-refractivity contribution < 1.29 is 13.2 Å². The maximum Gasteiger partial charge on any atom is 0.391 e. The molecule has 0 saturated heterocycles. The van der Waals surface area contributed by atoms with Crippen molar-refractivity contribution in [3.8, 4) is 0 Å². The Morgan fingerprint density at radius 3 is 1.64 bits per heavy atom. The van der Waals surface area contributed by atoms with Gasteiger partial charge in [0, 0.05) is 5.25 Å². The fraction of sp³-hybridized carbons (Fsp3) is 0.778. The minimum Gasteiger partial charge on any atom is -0.171 e. The normalized spacial score (nSPS) is 34.5. The molecule has 2 fully saturated rings. The molecular weight excluding hydrogens is 305 g/mol. The molecule has 0 aromatic carbocycles. The van der Waals surface area contributed by atoms with Crippen LogP contribution in [0.2, 0.25) is 0 Å². The Morgan fingerprint density at radius 2 is 1.23 bits per heavy atom. The van der Waals surface area contributed by atoms with Gasteiger partial charge in [-0.3, -0.25) is 0 Å². The number of hydrogen-bond acceptors (Lipinski definition) is 1. The molecule has 2 aliphatic carbocycles. The third-order valence-electron chi connectivity index (χ3n) is 5.16. The van der Waals surface area contributed by atoms with E-state index < -0.39 is 12.1 Å². The first kappa shape index (κ1) is 18.0. The second kappa shape index (κ2) is 8.47. The van der Waals surface area contributed by atoms with Crippen molar-refractivity contribution in [3.05, 3.63) is 24.3 Å². The van der Waals surface area contributed by atoms with E-state index in [2.05, 4.69) is 30.6 Å². The van der Waals surface area contributed by atoms with Crippen molar-refractivity contribution in [3.63, 3.8) is 0 Å². The molecule has 2 aliphatic rings. The summed E-state index contributed by atoms with van der Waals surface area (Å²) in [6.07, 6.45) is 13.8. The maximum absolute atomic E-state index is 12.6. The summed E-state index contributed by atoms with van der Waals surface area (Å²) in [6.45, 7) is 0. The first-order valence-electron chi connectivity index (χ1n) is 8.43. The summed E-state index contributed by atoms with van der Waals surface area (Å²) in [5.74, 6) is -0.0520. The topological polar surface area (TPSA) is 0 Å². The van der Waals surface area contributed by atoms with E-state index in [1.165, 1.54) is 25.7 Å². The molecule has 2 rings (SSSR count). The number of rotatable bonds is 4. The highest BCUT2D eigenvalue weighted by molar-refractivity contribution is 7.99. The van der Waals surface area contributed by atoms with Gasteiger partial charge >= 0.3 is 6.18 Å². The smallest absolute Gasteiger partial charge is 0.171 e. The molecule has 0 heterocycles. The van der Waals surface area contributed by atoms with Gasteiger partial charge in [-0.15, -0.1) is 0 Å². The number of allylic oxidation sites excluding steroid dienone is 4. The molecule has 4 heteroatoms. The van der Waals surface area contributed by atoms with Gasteiger partial charge in [-0.25, -0.2) is 0 Å². The molecule has 0 bridgehead atoms. The third-order valence-corrected chi connectivity index (χ3v) is 6.30. The Bertz CT molecular complexity index is 370. The van der Waals surface area contributed by atoms with Crippen LogP contribution >= 0.6 is 11.8 Å². The first-order chi connectivity index (χ1) is 10.5. The van der Waals surface area contributed by atoms with E-state index in [1.54, 1.807) is 0 Å². The SMILES string of the molecule is CSC1CCC(/C=C/C=C/C2CCC(C(F)(F)F)CC2)CC1. The molecule has 0 aromatic heterocycles. The number of halogens is 3. The number of hydrogen-bond donors (Lipinski definition) is 0. The highest BCUT2D eigenvalue weighted by Gasteiger charge is 2.40. The predicted octanol–water partition coefficient (Wildman–Crippen LogP) is 6.39. The van der Waals surface area contributed by atoms with Crippen molar-refractivity contribution in [2.24, 2.45) is 17.8 Å². The molecule has 0 spiro atoms. The molecule has 0 radical (unpaired) electrons. The summed E-state index contributed by atoms with van der Waals surface area (Å²) in [7, 11) is 0. The van der Waals surface area contributed by atoms with Gasteiger partial charge in [0.2, 0.25) is 0 Å². The molecule has 0 N–H and O–H groups in total. The van der Waals surface area contributed by atoms with Gasteiger partial charge in [0.1, 0.15) is 0 Å². The first-order valence-corrected chi connectivity index (χ1v) is 9.72. The fourth-order valence-electron chi connectivity index (χ4n) is 3.60. The molecule has 0 unspecified atom stereocenters. The van der Waals surface area contributed by atoms with Crippen LogP contribution in [0.5, 0.6) is 0 Å². The van der Waals surface area contributed by atoms with E-state index in [-0.39, 0.29) is 0 Å². The molecule has 0 aliphatic heterocycles. The monoisotopic (exact) mass is 332 g/mol. The van der Waals surface area contributed by atoms with Crippen LogP contribution in [0, 0.1) is 17.8 Å². The van der Waals surface area contributed by atoms with Gasteiger partial charge in [0.25, 0.3) is 0 Å². The van der Waals surface area contributed by atoms with Crippen LogP contribution in [0.15, 0.2) is 24.3 Å². The Kier molecular flexibility index (Phi) is 6.91.